The molecule has 1 aliphatic rings. The van der Waals surface area contributed by atoms with Gasteiger partial charge in [-0.2, -0.15) is 0 Å². The van der Waals surface area contributed by atoms with E-state index < -0.39 is 0 Å². The summed E-state index contributed by atoms with van der Waals surface area (Å²) in [7, 11) is 0. The van der Waals surface area contributed by atoms with Crippen molar-refractivity contribution in [2.75, 3.05) is 6.54 Å². The second kappa shape index (κ2) is 5.15. The lowest BCUT2D eigenvalue weighted by atomic mass is 10.1. The van der Waals surface area contributed by atoms with Crippen LogP contribution >= 0.6 is 0 Å². The topological polar surface area (TPSA) is 49.3 Å². The van der Waals surface area contributed by atoms with E-state index >= 15 is 0 Å². The molecule has 1 unspecified atom stereocenters. The third-order valence-electron chi connectivity index (χ3n) is 2.28. The highest BCUT2D eigenvalue weighted by Crippen LogP contribution is 2.12. The zero-order valence-electron chi connectivity index (χ0n) is 8.92. The van der Waals surface area contributed by atoms with E-state index in [0.29, 0.717) is 18.9 Å². The number of hydrogen-bond acceptors (Lipinski definition) is 3. The molecule has 1 rings (SSSR count). The quantitative estimate of drug-likeness (QED) is 0.697. The molecule has 14 heavy (non-hydrogen) atoms. The van der Waals surface area contributed by atoms with E-state index in [-0.39, 0.29) is 11.9 Å². The van der Waals surface area contributed by atoms with Crippen molar-refractivity contribution < 1.29 is 9.90 Å². The van der Waals surface area contributed by atoms with Crippen LogP contribution in [0.25, 0.3) is 0 Å². The van der Waals surface area contributed by atoms with Crippen molar-refractivity contribution in [3.8, 4) is 0 Å². The normalized spacial score (nSPS) is 18.6. The molecule has 0 saturated carbocycles. The molecular weight excluding hydrogens is 178 g/mol. The zero-order chi connectivity index (χ0) is 10.6. The molecule has 0 spiro atoms. The fourth-order valence-corrected chi connectivity index (χ4v) is 1.61. The third-order valence-corrected chi connectivity index (χ3v) is 2.28. The highest BCUT2D eigenvalue weighted by atomic mass is 16.3. The molecule has 0 aromatic carbocycles. The Morgan fingerprint density at radius 1 is 1.50 bits per heavy atom. The van der Waals surface area contributed by atoms with Crippen LogP contribution in [0.15, 0.2) is 11.8 Å². The first-order chi connectivity index (χ1) is 6.58. The molecule has 0 aliphatic heterocycles. The summed E-state index contributed by atoms with van der Waals surface area (Å²) in [5.74, 6) is 0.692. The lowest BCUT2D eigenvalue weighted by Crippen LogP contribution is -2.26. The van der Waals surface area contributed by atoms with Crippen molar-refractivity contribution in [2.45, 2.75) is 39.2 Å². The van der Waals surface area contributed by atoms with Gasteiger partial charge in [0.25, 0.3) is 0 Å². The van der Waals surface area contributed by atoms with Gasteiger partial charge in [-0.1, -0.05) is 13.8 Å². The summed E-state index contributed by atoms with van der Waals surface area (Å²) in [4.78, 5) is 10.9. The predicted molar refractivity (Wildman–Crippen MR) is 55.8 cm³/mol. The van der Waals surface area contributed by atoms with E-state index in [1.54, 1.807) is 6.08 Å². The Labute approximate surface area is 85.2 Å². The molecule has 0 bridgehead atoms. The smallest absolute Gasteiger partial charge is 0.157 e. The molecule has 0 saturated heterocycles. The largest absolute Gasteiger partial charge is 0.391 e. The maximum Gasteiger partial charge on any atom is 0.157 e. The van der Waals surface area contributed by atoms with Crippen LogP contribution in [0.5, 0.6) is 0 Å². The number of allylic oxidation sites excluding steroid dienone is 2. The molecule has 2 N–H and O–H groups in total. The summed E-state index contributed by atoms with van der Waals surface area (Å²) in [5, 5.41) is 12.7. The van der Waals surface area contributed by atoms with Crippen molar-refractivity contribution in [3.63, 3.8) is 0 Å². The summed E-state index contributed by atoms with van der Waals surface area (Å²) in [6.07, 6.45) is 3.54. The van der Waals surface area contributed by atoms with Crippen molar-refractivity contribution in [1.82, 2.24) is 5.32 Å². The fourth-order valence-electron chi connectivity index (χ4n) is 1.61. The Morgan fingerprint density at radius 3 is 2.71 bits per heavy atom. The van der Waals surface area contributed by atoms with Gasteiger partial charge in [-0.25, -0.2) is 0 Å². The number of aliphatic hydroxyl groups is 1. The summed E-state index contributed by atoms with van der Waals surface area (Å²) >= 11 is 0. The van der Waals surface area contributed by atoms with Gasteiger partial charge in [-0.3, -0.25) is 4.79 Å². The van der Waals surface area contributed by atoms with Gasteiger partial charge in [0.2, 0.25) is 0 Å². The Hall–Kier alpha value is -0.830. The molecular formula is C11H19NO2. The molecule has 1 atom stereocenters. The molecule has 0 aromatic rings. The van der Waals surface area contributed by atoms with Crippen LogP contribution in [-0.2, 0) is 4.79 Å². The standard InChI is InChI=1S/C11H19NO2/c1-8(2)5-11(14)7-12-9-3-4-10(13)6-9/h6,8,11-12,14H,3-5,7H2,1-2H3. The van der Waals surface area contributed by atoms with Gasteiger partial charge in [-0.15, -0.1) is 0 Å². The number of nitrogens with one attached hydrogen (secondary N) is 1. The van der Waals surface area contributed by atoms with E-state index in [0.717, 1.165) is 18.5 Å². The van der Waals surface area contributed by atoms with E-state index in [4.69, 9.17) is 0 Å². The summed E-state index contributed by atoms with van der Waals surface area (Å²) < 4.78 is 0. The molecule has 0 aromatic heterocycles. The highest BCUT2D eigenvalue weighted by molar-refractivity contribution is 5.92. The van der Waals surface area contributed by atoms with E-state index in [9.17, 15) is 9.90 Å². The maximum absolute atomic E-state index is 10.9. The summed E-state index contributed by atoms with van der Waals surface area (Å²) in [5.41, 5.74) is 0.970. The lowest BCUT2D eigenvalue weighted by molar-refractivity contribution is -0.114. The average molecular weight is 197 g/mol. The Kier molecular flexibility index (Phi) is 4.14. The van der Waals surface area contributed by atoms with E-state index in [1.807, 2.05) is 0 Å². The molecule has 0 heterocycles. The molecule has 3 nitrogen and oxygen atoms in total. The van der Waals surface area contributed by atoms with Gasteiger partial charge in [0.05, 0.1) is 6.10 Å². The second-order valence-electron chi connectivity index (χ2n) is 4.30. The van der Waals surface area contributed by atoms with Gasteiger partial charge < -0.3 is 10.4 Å². The monoisotopic (exact) mass is 197 g/mol. The first-order valence-electron chi connectivity index (χ1n) is 5.23. The van der Waals surface area contributed by atoms with Crippen LogP contribution in [0.3, 0.4) is 0 Å². The van der Waals surface area contributed by atoms with E-state index in [2.05, 4.69) is 19.2 Å². The van der Waals surface area contributed by atoms with Gasteiger partial charge >= 0.3 is 0 Å². The van der Waals surface area contributed by atoms with Gasteiger partial charge in [0.15, 0.2) is 5.78 Å². The second-order valence-corrected chi connectivity index (χ2v) is 4.30. The first kappa shape index (κ1) is 11.2. The number of carbonyl (C=O) groups is 1. The number of rotatable bonds is 5. The third kappa shape index (κ3) is 3.92. The Morgan fingerprint density at radius 2 is 2.21 bits per heavy atom. The molecule has 0 radical (unpaired) electrons. The predicted octanol–water partition coefficient (Wildman–Crippen LogP) is 1.23. The molecule has 0 amide bonds. The van der Waals surface area contributed by atoms with Gasteiger partial charge in [-0.05, 0) is 18.8 Å². The maximum atomic E-state index is 10.9. The SMILES string of the molecule is CC(C)CC(O)CNC1=CC(=O)CC1. The van der Waals surface area contributed by atoms with Gasteiger partial charge in [0.1, 0.15) is 0 Å². The molecule has 80 valence electrons. The van der Waals surface area contributed by atoms with Crippen LogP contribution < -0.4 is 5.32 Å². The average Bonchev–Trinajstić information content (AvgIpc) is 2.47. The van der Waals surface area contributed by atoms with Crippen molar-refractivity contribution in [3.05, 3.63) is 11.8 Å². The first-order valence-corrected chi connectivity index (χ1v) is 5.23. The molecule has 3 heteroatoms. The molecule has 0 fully saturated rings. The minimum Gasteiger partial charge on any atom is -0.391 e. The van der Waals surface area contributed by atoms with Crippen LogP contribution in [0.2, 0.25) is 0 Å². The number of ketones is 1. The van der Waals surface area contributed by atoms with Crippen molar-refractivity contribution >= 4 is 5.78 Å². The zero-order valence-corrected chi connectivity index (χ0v) is 8.92. The van der Waals surface area contributed by atoms with Crippen LogP contribution in [0.4, 0.5) is 0 Å². The van der Waals surface area contributed by atoms with Crippen LogP contribution in [0.1, 0.15) is 33.1 Å². The Bertz CT molecular complexity index is 233. The number of hydrogen-bond donors (Lipinski definition) is 2. The number of aliphatic hydroxyl groups excluding tert-OH is 1. The van der Waals surface area contributed by atoms with E-state index in [1.165, 1.54) is 0 Å². The van der Waals surface area contributed by atoms with Crippen molar-refractivity contribution in [2.24, 2.45) is 5.92 Å². The summed E-state index contributed by atoms with van der Waals surface area (Å²) in [6.45, 7) is 4.72. The highest BCUT2D eigenvalue weighted by Gasteiger charge is 2.13. The minimum absolute atomic E-state index is 0.186. The number of carbonyl (C=O) groups excluding carboxylic acids is 1. The van der Waals surface area contributed by atoms with Crippen LogP contribution in [0, 0.1) is 5.92 Å². The van der Waals surface area contributed by atoms with Crippen LogP contribution in [-0.4, -0.2) is 23.5 Å². The minimum atomic E-state index is -0.313. The lowest BCUT2D eigenvalue weighted by Gasteiger charge is -2.14. The molecule has 1 aliphatic carbocycles. The van der Waals surface area contributed by atoms with Crippen molar-refractivity contribution in [1.29, 1.82) is 0 Å². The fraction of sp³-hybridized carbons (Fsp3) is 0.727. The summed E-state index contributed by atoms with van der Waals surface area (Å²) in [6, 6.07) is 0. The van der Waals surface area contributed by atoms with Gasteiger partial charge in [0, 0.05) is 24.7 Å². The Balaban J connectivity index is 2.20.